The molecule has 0 aromatic heterocycles. The zero-order valence-electron chi connectivity index (χ0n) is 14.2. The number of aliphatic hydroxyl groups excluding tert-OH is 1. The van der Waals surface area contributed by atoms with Gasteiger partial charge in [-0.25, -0.2) is 4.90 Å². The lowest BCUT2D eigenvalue weighted by Crippen LogP contribution is -2.73. The number of rotatable bonds is 5. The van der Waals surface area contributed by atoms with Crippen molar-refractivity contribution in [2.75, 3.05) is 0 Å². The summed E-state index contributed by atoms with van der Waals surface area (Å²) < 4.78 is -0.611. The van der Waals surface area contributed by atoms with Crippen molar-refractivity contribution in [3.05, 3.63) is 46.3 Å². The van der Waals surface area contributed by atoms with E-state index in [1.807, 2.05) is 0 Å². The first-order chi connectivity index (χ1) is 12.3. The van der Waals surface area contributed by atoms with Crippen molar-refractivity contribution in [3.8, 4) is 0 Å². The highest BCUT2D eigenvalue weighted by Gasteiger charge is 2.64. The van der Waals surface area contributed by atoms with Gasteiger partial charge in [-0.3, -0.25) is 9.59 Å². The van der Waals surface area contributed by atoms with Gasteiger partial charge in [-0.1, -0.05) is 35.4 Å². The number of nitrogens with zero attached hydrogens (tertiary/aromatic N) is 4. The number of carbonyl (C=O) groups is 2. The number of aliphatic hydroxyl groups is 1. The molecule has 0 saturated carbocycles. The maximum Gasteiger partial charge on any atom is 0.322 e. The third-order valence-electron chi connectivity index (χ3n) is 4.68. The van der Waals surface area contributed by atoms with Crippen LogP contribution in [0.1, 0.15) is 25.5 Å². The second-order valence-electron chi connectivity index (χ2n) is 6.77. The van der Waals surface area contributed by atoms with E-state index in [1.165, 1.54) is 16.7 Å². The summed E-state index contributed by atoms with van der Waals surface area (Å²) >= 11 is 1.40. The van der Waals surface area contributed by atoms with E-state index in [9.17, 15) is 19.8 Å². The van der Waals surface area contributed by atoms with Gasteiger partial charge in [-0.05, 0) is 24.9 Å². The molecule has 2 aliphatic rings. The van der Waals surface area contributed by atoms with Crippen molar-refractivity contribution in [3.63, 3.8) is 0 Å². The van der Waals surface area contributed by atoms with Gasteiger partial charge in [-0.2, -0.15) is 0 Å². The van der Waals surface area contributed by atoms with Crippen LogP contribution in [0.5, 0.6) is 0 Å². The lowest BCUT2D eigenvalue weighted by molar-refractivity contribution is -0.170. The monoisotopic (exact) mass is 377 g/mol. The Morgan fingerprint density at radius 1 is 1.38 bits per heavy atom. The number of thioether (sulfide) groups is 1. The quantitative estimate of drug-likeness (QED) is 0.403. The molecule has 10 heteroatoms. The molecule has 3 rings (SSSR count). The van der Waals surface area contributed by atoms with Gasteiger partial charge in [0.1, 0.15) is 18.3 Å². The van der Waals surface area contributed by atoms with E-state index < -0.39 is 41.0 Å². The number of carboxylic acid groups (broad SMARTS) is 1. The second-order valence-corrected chi connectivity index (χ2v) is 8.54. The fraction of sp³-hybridized carbons (Fsp3) is 0.500. The van der Waals surface area contributed by atoms with Crippen molar-refractivity contribution in [2.45, 2.75) is 48.3 Å². The SMILES string of the molecule is CC1(C)S[C@@H]2[C@H](NC(=O)C(N=[N+]=[N-])c3ccccc3)C(O)N2[C@H]1C(=O)O. The third kappa shape index (κ3) is 3.01. The summed E-state index contributed by atoms with van der Waals surface area (Å²) in [4.78, 5) is 28.4. The summed E-state index contributed by atoms with van der Waals surface area (Å²) in [5, 5.41) is 25.8. The van der Waals surface area contributed by atoms with E-state index in [-0.39, 0.29) is 5.37 Å². The van der Waals surface area contributed by atoms with Gasteiger partial charge in [0, 0.05) is 9.66 Å². The number of carbonyl (C=O) groups excluding carboxylic acids is 1. The lowest BCUT2D eigenvalue weighted by atomic mass is 9.95. The number of fused-ring (bicyclic) bond motifs is 1. The third-order valence-corrected chi connectivity index (χ3v) is 6.29. The first-order valence-corrected chi connectivity index (χ1v) is 8.91. The van der Waals surface area contributed by atoms with Crippen LogP contribution in [0, 0.1) is 0 Å². The molecule has 2 fully saturated rings. The van der Waals surface area contributed by atoms with Crippen LogP contribution in [0.15, 0.2) is 35.4 Å². The summed E-state index contributed by atoms with van der Waals surface area (Å²) in [5.74, 6) is -1.54. The van der Waals surface area contributed by atoms with Gasteiger partial charge in [0.05, 0.1) is 11.4 Å². The average molecular weight is 377 g/mol. The minimum Gasteiger partial charge on any atom is -0.480 e. The van der Waals surface area contributed by atoms with Gasteiger partial charge >= 0.3 is 5.97 Å². The topological polar surface area (TPSA) is 139 Å². The Labute approximate surface area is 154 Å². The van der Waals surface area contributed by atoms with E-state index in [0.717, 1.165) is 0 Å². The van der Waals surface area contributed by atoms with Crippen LogP contribution in [0.25, 0.3) is 10.4 Å². The van der Waals surface area contributed by atoms with Gasteiger partial charge in [0.15, 0.2) is 0 Å². The molecule has 0 radical (unpaired) electrons. The van der Waals surface area contributed by atoms with E-state index >= 15 is 0 Å². The van der Waals surface area contributed by atoms with Crippen molar-refractivity contribution in [1.82, 2.24) is 10.2 Å². The minimum atomic E-state index is -1.11. The molecule has 1 amide bonds. The maximum atomic E-state index is 12.6. The van der Waals surface area contributed by atoms with E-state index in [1.54, 1.807) is 44.2 Å². The fourth-order valence-corrected chi connectivity index (χ4v) is 5.20. The summed E-state index contributed by atoms with van der Waals surface area (Å²) in [7, 11) is 0. The maximum absolute atomic E-state index is 12.6. The molecule has 1 aromatic rings. The standard InChI is InChI=1S/C16H19N5O4S/c1-16(2)11(15(24)25)21-13(23)10(14(21)26-16)18-12(22)9(19-20-17)8-6-4-3-5-7-8/h3-7,9-11,13-14,23H,1-2H3,(H,18,22)(H,24,25)/t9?,10-,11+,13?,14-/m1/s1. The number of azide groups is 1. The number of hydrogen-bond donors (Lipinski definition) is 3. The van der Waals surface area contributed by atoms with Gasteiger partial charge < -0.3 is 15.5 Å². The Bertz CT molecular complexity index is 767. The normalized spacial score (nSPS) is 30.4. The first kappa shape index (κ1) is 18.5. The number of nitrogens with one attached hydrogen (secondary N) is 1. The fourth-order valence-electron chi connectivity index (χ4n) is 3.51. The number of hydrogen-bond acceptors (Lipinski definition) is 6. The highest BCUT2D eigenvalue weighted by atomic mass is 32.2. The molecule has 2 aliphatic heterocycles. The van der Waals surface area contributed by atoms with Crippen molar-refractivity contribution in [2.24, 2.45) is 5.11 Å². The molecule has 26 heavy (non-hydrogen) atoms. The Balaban J connectivity index is 1.76. The molecule has 5 atom stereocenters. The predicted octanol–water partition coefficient (Wildman–Crippen LogP) is 1.46. The number of benzene rings is 1. The molecule has 0 bridgehead atoms. The Kier molecular flexibility index (Phi) is 4.85. The molecule has 2 unspecified atom stereocenters. The molecule has 0 aliphatic carbocycles. The molecule has 2 heterocycles. The zero-order valence-corrected chi connectivity index (χ0v) is 15.0. The lowest BCUT2D eigenvalue weighted by Gasteiger charge is -2.49. The van der Waals surface area contributed by atoms with Gasteiger partial charge in [0.25, 0.3) is 0 Å². The average Bonchev–Trinajstić information content (AvgIpc) is 2.86. The Morgan fingerprint density at radius 2 is 2.04 bits per heavy atom. The van der Waals surface area contributed by atoms with Crippen molar-refractivity contribution >= 4 is 23.6 Å². The predicted molar refractivity (Wildman–Crippen MR) is 95.0 cm³/mol. The highest BCUT2D eigenvalue weighted by molar-refractivity contribution is 8.01. The van der Waals surface area contributed by atoms with Crippen LogP contribution >= 0.6 is 11.8 Å². The molecule has 1 aromatic carbocycles. The molecule has 138 valence electrons. The Morgan fingerprint density at radius 3 is 2.62 bits per heavy atom. The van der Waals surface area contributed by atoms with Crippen LogP contribution in [0.3, 0.4) is 0 Å². The highest BCUT2D eigenvalue weighted by Crippen LogP contribution is 2.52. The summed E-state index contributed by atoms with van der Waals surface area (Å²) in [6.45, 7) is 3.60. The number of amides is 1. The first-order valence-electron chi connectivity index (χ1n) is 8.03. The largest absolute Gasteiger partial charge is 0.480 e. The van der Waals surface area contributed by atoms with Gasteiger partial charge in [0.2, 0.25) is 5.91 Å². The molecular formula is C16H19N5O4S. The van der Waals surface area contributed by atoms with E-state index in [4.69, 9.17) is 5.53 Å². The molecule has 3 N–H and O–H groups in total. The van der Waals surface area contributed by atoms with E-state index in [0.29, 0.717) is 5.56 Å². The molecular weight excluding hydrogens is 358 g/mol. The summed E-state index contributed by atoms with van der Waals surface area (Å²) in [6, 6.07) is 6.05. The molecule has 0 spiro atoms. The Hall–Kier alpha value is -2.26. The smallest absolute Gasteiger partial charge is 0.322 e. The number of carboxylic acids is 1. The van der Waals surface area contributed by atoms with Crippen LogP contribution < -0.4 is 5.32 Å². The van der Waals surface area contributed by atoms with Crippen LogP contribution in [-0.4, -0.2) is 55.4 Å². The van der Waals surface area contributed by atoms with Crippen molar-refractivity contribution in [1.29, 1.82) is 0 Å². The second kappa shape index (κ2) is 6.81. The minimum absolute atomic E-state index is 0.354. The van der Waals surface area contributed by atoms with Crippen LogP contribution in [0.4, 0.5) is 0 Å². The van der Waals surface area contributed by atoms with Gasteiger partial charge in [-0.15, -0.1) is 11.8 Å². The van der Waals surface area contributed by atoms with Crippen LogP contribution in [-0.2, 0) is 9.59 Å². The number of aliphatic carboxylic acids is 1. The van der Waals surface area contributed by atoms with Crippen LogP contribution in [0.2, 0.25) is 0 Å². The van der Waals surface area contributed by atoms with Crippen molar-refractivity contribution < 1.29 is 19.8 Å². The zero-order chi connectivity index (χ0) is 19.1. The summed E-state index contributed by atoms with van der Waals surface area (Å²) in [6.07, 6.45) is -1.11. The molecule has 2 saturated heterocycles. The summed E-state index contributed by atoms with van der Waals surface area (Å²) in [5.41, 5.74) is 9.31. The van der Waals surface area contributed by atoms with E-state index in [2.05, 4.69) is 15.3 Å². The molecule has 9 nitrogen and oxygen atoms in total.